The van der Waals surface area contributed by atoms with Gasteiger partial charge in [-0.1, -0.05) is 0 Å². The molecule has 2 rings (SSSR count). The number of alkyl halides is 6. The number of halogens is 6. The molecule has 11 heteroatoms. The SMILES string of the molecule is O=[N+]([O-])c1cc2nc(C(F)(F)F)[nH]c2cc1C(F)(F)F. The fourth-order valence-corrected chi connectivity index (χ4v) is 1.56. The van der Waals surface area contributed by atoms with Gasteiger partial charge in [0, 0.05) is 6.07 Å². The fourth-order valence-electron chi connectivity index (χ4n) is 1.56. The van der Waals surface area contributed by atoms with Crippen LogP contribution in [0.1, 0.15) is 11.4 Å². The number of nitrogens with one attached hydrogen (secondary N) is 1. The molecule has 1 aromatic carbocycles. The summed E-state index contributed by atoms with van der Waals surface area (Å²) in [6.07, 6.45) is -9.97. The summed E-state index contributed by atoms with van der Waals surface area (Å²) >= 11 is 0. The number of H-pyrrole nitrogens is 1. The molecule has 0 saturated carbocycles. The van der Waals surface area contributed by atoms with Crippen LogP contribution in [0.15, 0.2) is 12.1 Å². The first-order chi connectivity index (χ1) is 9.00. The Bertz CT molecular complexity index is 687. The smallest absolute Gasteiger partial charge is 0.334 e. The first-order valence-corrected chi connectivity index (χ1v) is 4.82. The second kappa shape index (κ2) is 4.08. The molecule has 108 valence electrons. The van der Waals surface area contributed by atoms with Crippen molar-refractivity contribution >= 4 is 16.7 Å². The molecule has 0 bridgehead atoms. The van der Waals surface area contributed by atoms with E-state index in [1.165, 1.54) is 0 Å². The highest BCUT2D eigenvalue weighted by molar-refractivity contribution is 5.80. The third-order valence-electron chi connectivity index (χ3n) is 2.37. The van der Waals surface area contributed by atoms with Crippen LogP contribution in [0.3, 0.4) is 0 Å². The molecule has 20 heavy (non-hydrogen) atoms. The number of benzene rings is 1. The van der Waals surface area contributed by atoms with Gasteiger partial charge in [-0.2, -0.15) is 26.3 Å². The van der Waals surface area contributed by atoms with Crippen LogP contribution in [0.4, 0.5) is 32.0 Å². The van der Waals surface area contributed by atoms with Gasteiger partial charge in [0.1, 0.15) is 5.56 Å². The Balaban J connectivity index is 2.75. The molecule has 0 aliphatic rings. The number of aromatic nitrogens is 2. The van der Waals surface area contributed by atoms with Gasteiger partial charge in [-0.3, -0.25) is 10.1 Å². The molecule has 2 aromatic rings. The lowest BCUT2D eigenvalue weighted by atomic mass is 10.1. The van der Waals surface area contributed by atoms with Gasteiger partial charge in [-0.25, -0.2) is 4.98 Å². The number of imidazole rings is 1. The van der Waals surface area contributed by atoms with Gasteiger partial charge in [-0.15, -0.1) is 0 Å². The normalized spacial score (nSPS) is 12.9. The zero-order valence-corrected chi connectivity index (χ0v) is 9.13. The number of aromatic amines is 1. The molecule has 0 unspecified atom stereocenters. The molecule has 1 heterocycles. The van der Waals surface area contributed by atoms with Crippen molar-refractivity contribution in [1.29, 1.82) is 0 Å². The lowest BCUT2D eigenvalue weighted by molar-refractivity contribution is -0.387. The number of rotatable bonds is 1. The molecule has 1 N–H and O–H groups in total. The Labute approximate surface area is 105 Å². The van der Waals surface area contributed by atoms with Crippen molar-refractivity contribution in [2.75, 3.05) is 0 Å². The third-order valence-corrected chi connectivity index (χ3v) is 2.37. The highest BCUT2D eigenvalue weighted by Gasteiger charge is 2.40. The zero-order chi connectivity index (χ0) is 15.3. The first-order valence-electron chi connectivity index (χ1n) is 4.82. The Kier molecular flexibility index (Phi) is 2.87. The average Bonchev–Trinajstić information content (AvgIpc) is 2.68. The van der Waals surface area contributed by atoms with E-state index in [1.54, 1.807) is 4.98 Å². The maximum Gasteiger partial charge on any atom is 0.449 e. The standard InChI is InChI=1S/C9H3F6N3O2/c10-8(11,12)3-1-4-5(2-6(3)18(19)20)17-7(16-4)9(13,14)15/h1-2H,(H,16,17). The first kappa shape index (κ1) is 14.1. The van der Waals surface area contributed by atoms with Crippen LogP contribution in [0.25, 0.3) is 11.0 Å². The predicted octanol–water partition coefficient (Wildman–Crippen LogP) is 3.51. The molecule has 0 fully saturated rings. The molecule has 0 spiro atoms. The quantitative estimate of drug-likeness (QED) is 0.497. The molecule has 0 aliphatic carbocycles. The van der Waals surface area contributed by atoms with Crippen LogP contribution in [0.2, 0.25) is 0 Å². The number of nitro groups is 1. The summed E-state index contributed by atoms with van der Waals surface area (Å²) in [6, 6.07) is 0.583. The topological polar surface area (TPSA) is 71.8 Å². The summed E-state index contributed by atoms with van der Waals surface area (Å²) in [4.78, 5) is 13.9. The Hall–Kier alpha value is -2.33. The van der Waals surface area contributed by atoms with Crippen molar-refractivity contribution in [2.24, 2.45) is 0 Å². The van der Waals surface area contributed by atoms with E-state index in [4.69, 9.17) is 0 Å². The molecular weight excluding hydrogens is 296 g/mol. The minimum Gasteiger partial charge on any atom is -0.334 e. The van der Waals surface area contributed by atoms with E-state index in [1.807, 2.05) is 0 Å². The largest absolute Gasteiger partial charge is 0.449 e. The molecule has 1 aromatic heterocycles. The molecule has 5 nitrogen and oxygen atoms in total. The second-order valence-electron chi connectivity index (χ2n) is 3.72. The van der Waals surface area contributed by atoms with Crippen LogP contribution in [-0.2, 0) is 12.4 Å². The van der Waals surface area contributed by atoms with E-state index in [0.29, 0.717) is 6.07 Å². The van der Waals surface area contributed by atoms with Crippen LogP contribution in [0.5, 0.6) is 0 Å². The van der Waals surface area contributed by atoms with Crippen molar-refractivity contribution < 1.29 is 31.3 Å². The van der Waals surface area contributed by atoms with Gasteiger partial charge in [0.25, 0.3) is 5.69 Å². The van der Waals surface area contributed by atoms with E-state index in [-0.39, 0.29) is 6.07 Å². The van der Waals surface area contributed by atoms with Gasteiger partial charge < -0.3 is 4.98 Å². The Morgan fingerprint density at radius 2 is 1.70 bits per heavy atom. The van der Waals surface area contributed by atoms with Gasteiger partial charge in [0.2, 0.25) is 5.82 Å². The maximum absolute atomic E-state index is 12.6. The molecule has 0 atom stereocenters. The second-order valence-corrected chi connectivity index (χ2v) is 3.72. The minimum atomic E-state index is -5.07. The zero-order valence-electron chi connectivity index (χ0n) is 9.13. The summed E-state index contributed by atoms with van der Waals surface area (Å²) in [5.41, 5.74) is -4.16. The van der Waals surface area contributed by atoms with Crippen molar-refractivity contribution in [2.45, 2.75) is 12.4 Å². The van der Waals surface area contributed by atoms with Gasteiger partial charge >= 0.3 is 12.4 Å². The van der Waals surface area contributed by atoms with Crippen molar-refractivity contribution in [3.63, 3.8) is 0 Å². The Morgan fingerprint density at radius 1 is 1.10 bits per heavy atom. The number of nitro benzene ring substituents is 1. The highest BCUT2D eigenvalue weighted by Crippen LogP contribution is 2.39. The molecule has 0 aliphatic heterocycles. The van der Waals surface area contributed by atoms with Gasteiger partial charge in [0.05, 0.1) is 16.0 Å². The summed E-state index contributed by atoms with van der Waals surface area (Å²) in [5.74, 6) is -1.53. The van der Waals surface area contributed by atoms with E-state index in [2.05, 4.69) is 4.98 Å². The van der Waals surface area contributed by atoms with Crippen molar-refractivity contribution in [3.8, 4) is 0 Å². The highest BCUT2D eigenvalue weighted by atomic mass is 19.4. The number of hydrogen-bond donors (Lipinski definition) is 1. The van der Waals surface area contributed by atoms with Crippen LogP contribution < -0.4 is 0 Å². The lowest BCUT2D eigenvalue weighted by Gasteiger charge is -2.06. The minimum absolute atomic E-state index is 0.232. The Morgan fingerprint density at radius 3 is 2.15 bits per heavy atom. The van der Waals surface area contributed by atoms with Gasteiger partial charge in [0.15, 0.2) is 0 Å². The molecular formula is C9H3F6N3O2. The summed E-state index contributed by atoms with van der Waals surface area (Å²) in [7, 11) is 0. The summed E-state index contributed by atoms with van der Waals surface area (Å²) < 4.78 is 75.0. The predicted molar refractivity (Wildman–Crippen MR) is 52.8 cm³/mol. The average molecular weight is 299 g/mol. The maximum atomic E-state index is 12.6. The fraction of sp³-hybridized carbons (Fsp3) is 0.222. The van der Waals surface area contributed by atoms with Crippen LogP contribution >= 0.6 is 0 Å². The van der Waals surface area contributed by atoms with Crippen molar-refractivity contribution in [3.05, 3.63) is 33.6 Å². The van der Waals surface area contributed by atoms with E-state index >= 15 is 0 Å². The molecule has 0 radical (unpaired) electrons. The number of hydrogen-bond acceptors (Lipinski definition) is 3. The van der Waals surface area contributed by atoms with E-state index in [0.717, 1.165) is 0 Å². The van der Waals surface area contributed by atoms with Crippen LogP contribution in [0, 0.1) is 10.1 Å². The third kappa shape index (κ3) is 2.38. The van der Waals surface area contributed by atoms with E-state index < -0.39 is 45.4 Å². The summed E-state index contributed by atoms with van der Waals surface area (Å²) in [5, 5.41) is 10.6. The molecule has 0 amide bonds. The lowest BCUT2D eigenvalue weighted by Crippen LogP contribution is -2.08. The van der Waals surface area contributed by atoms with Crippen molar-refractivity contribution in [1.82, 2.24) is 9.97 Å². The number of nitrogens with zero attached hydrogens (tertiary/aromatic N) is 2. The summed E-state index contributed by atoms with van der Waals surface area (Å²) in [6.45, 7) is 0. The van der Waals surface area contributed by atoms with Crippen LogP contribution in [-0.4, -0.2) is 14.9 Å². The molecule has 0 saturated heterocycles. The van der Waals surface area contributed by atoms with Gasteiger partial charge in [-0.05, 0) is 6.07 Å². The number of fused-ring (bicyclic) bond motifs is 1. The monoisotopic (exact) mass is 299 g/mol. The van der Waals surface area contributed by atoms with E-state index in [9.17, 15) is 36.5 Å².